The smallest absolute Gasteiger partial charge is 0.323 e. The maximum atomic E-state index is 12.3. The van der Waals surface area contributed by atoms with E-state index in [2.05, 4.69) is 20.2 Å². The third-order valence-electron chi connectivity index (χ3n) is 4.50. The van der Waals surface area contributed by atoms with Gasteiger partial charge in [0.25, 0.3) is 0 Å². The number of nitrogens with one attached hydrogen (secondary N) is 1. The summed E-state index contributed by atoms with van der Waals surface area (Å²) < 4.78 is 0. The number of hydrogen-bond donors (Lipinski definition) is 1. The van der Waals surface area contributed by atoms with Gasteiger partial charge in [0.05, 0.1) is 0 Å². The summed E-state index contributed by atoms with van der Waals surface area (Å²) in [6.07, 6.45) is 1.76. The van der Waals surface area contributed by atoms with Gasteiger partial charge in [0, 0.05) is 58.6 Å². The molecule has 8 nitrogen and oxygen atoms in total. The first-order valence-corrected chi connectivity index (χ1v) is 8.33. The second-order valence-electron chi connectivity index (χ2n) is 6.20. The van der Waals surface area contributed by atoms with Crippen LogP contribution in [0.15, 0.2) is 24.4 Å². The second kappa shape index (κ2) is 7.59. The van der Waals surface area contributed by atoms with Crippen LogP contribution in [0, 0.1) is 0 Å². The number of piperazine rings is 2. The van der Waals surface area contributed by atoms with Crippen LogP contribution in [-0.4, -0.2) is 91.0 Å². The minimum Gasteiger partial charge on any atom is -0.353 e. The van der Waals surface area contributed by atoms with Crippen molar-refractivity contribution < 1.29 is 9.59 Å². The van der Waals surface area contributed by atoms with Crippen molar-refractivity contribution in [3.63, 3.8) is 0 Å². The number of hydrogen-bond acceptors (Lipinski definition) is 6. The fourth-order valence-corrected chi connectivity index (χ4v) is 2.93. The molecule has 2 saturated heterocycles. The highest BCUT2D eigenvalue weighted by molar-refractivity contribution is 6.34. The number of nitrogens with zero attached hydrogens (tertiary/aromatic N) is 5. The van der Waals surface area contributed by atoms with Gasteiger partial charge >= 0.3 is 11.8 Å². The number of anilines is 1. The molecule has 1 aromatic heterocycles. The van der Waals surface area contributed by atoms with E-state index in [1.807, 2.05) is 30.3 Å². The minimum atomic E-state index is -0.536. The Morgan fingerprint density at radius 3 is 2.33 bits per heavy atom. The molecule has 0 atom stereocenters. The van der Waals surface area contributed by atoms with Gasteiger partial charge in [0.15, 0.2) is 0 Å². The zero-order valence-electron chi connectivity index (χ0n) is 14.0. The number of hydrazine groups is 1. The molecule has 0 spiro atoms. The summed E-state index contributed by atoms with van der Waals surface area (Å²) in [6, 6.07) is 5.78. The summed E-state index contributed by atoms with van der Waals surface area (Å²) >= 11 is 0. The average Bonchev–Trinajstić information content (AvgIpc) is 2.64. The Balaban J connectivity index is 1.47. The molecule has 0 bridgehead atoms. The predicted octanol–water partition coefficient (Wildman–Crippen LogP) is -0.991. The number of carbonyl (C=O) groups is 2. The van der Waals surface area contributed by atoms with Crippen molar-refractivity contribution in [2.45, 2.75) is 0 Å². The zero-order valence-corrected chi connectivity index (χ0v) is 14.0. The van der Waals surface area contributed by atoms with Crippen LogP contribution in [0.1, 0.15) is 0 Å². The Kier molecular flexibility index (Phi) is 5.27. The summed E-state index contributed by atoms with van der Waals surface area (Å²) in [5.74, 6) is -0.0769. The van der Waals surface area contributed by atoms with Crippen molar-refractivity contribution in [3.8, 4) is 0 Å². The second-order valence-corrected chi connectivity index (χ2v) is 6.20. The van der Waals surface area contributed by atoms with Gasteiger partial charge in [-0.25, -0.2) is 9.99 Å². The summed E-state index contributed by atoms with van der Waals surface area (Å²) in [5, 5.41) is 1.82. The molecule has 3 heterocycles. The molecule has 24 heavy (non-hydrogen) atoms. The molecule has 2 fully saturated rings. The quantitative estimate of drug-likeness (QED) is 0.701. The SMILES string of the molecule is CN1CCN(NC(=O)C(=O)N2CCN(c3ccccn3)CC2)CC1. The molecule has 0 radical (unpaired) electrons. The number of rotatable bonds is 2. The molecular weight excluding hydrogens is 308 g/mol. The van der Waals surface area contributed by atoms with E-state index in [9.17, 15) is 9.59 Å². The van der Waals surface area contributed by atoms with E-state index in [1.165, 1.54) is 0 Å². The fraction of sp³-hybridized carbons (Fsp3) is 0.562. The van der Waals surface area contributed by atoms with Crippen LogP contribution in [0.3, 0.4) is 0 Å². The molecule has 1 N–H and O–H groups in total. The van der Waals surface area contributed by atoms with Crippen molar-refractivity contribution in [1.82, 2.24) is 25.2 Å². The number of pyridine rings is 1. The van der Waals surface area contributed by atoms with Gasteiger partial charge < -0.3 is 14.7 Å². The Bertz CT molecular complexity index is 565. The van der Waals surface area contributed by atoms with E-state index in [1.54, 1.807) is 11.1 Å². The maximum Gasteiger partial charge on any atom is 0.323 e. The largest absolute Gasteiger partial charge is 0.353 e. The molecule has 8 heteroatoms. The van der Waals surface area contributed by atoms with Gasteiger partial charge in [-0.15, -0.1) is 0 Å². The van der Waals surface area contributed by atoms with Gasteiger partial charge in [0.1, 0.15) is 5.82 Å². The molecule has 0 aromatic carbocycles. The lowest BCUT2D eigenvalue weighted by Gasteiger charge is -2.36. The van der Waals surface area contributed by atoms with Gasteiger partial charge in [-0.1, -0.05) is 6.07 Å². The van der Waals surface area contributed by atoms with E-state index in [0.717, 1.165) is 32.0 Å². The highest BCUT2D eigenvalue weighted by atomic mass is 16.2. The Morgan fingerprint density at radius 2 is 1.71 bits per heavy atom. The summed E-state index contributed by atoms with van der Waals surface area (Å²) in [6.45, 7) is 5.69. The Labute approximate surface area is 142 Å². The highest BCUT2D eigenvalue weighted by Crippen LogP contribution is 2.12. The van der Waals surface area contributed by atoms with E-state index in [4.69, 9.17) is 0 Å². The van der Waals surface area contributed by atoms with Crippen molar-refractivity contribution in [2.24, 2.45) is 0 Å². The molecule has 2 aliphatic heterocycles. The summed E-state index contributed by atoms with van der Waals surface area (Å²) in [5.41, 5.74) is 2.73. The zero-order chi connectivity index (χ0) is 16.9. The Morgan fingerprint density at radius 1 is 1.00 bits per heavy atom. The predicted molar refractivity (Wildman–Crippen MR) is 90.2 cm³/mol. The molecule has 0 unspecified atom stereocenters. The van der Waals surface area contributed by atoms with Crippen molar-refractivity contribution in [2.75, 3.05) is 64.3 Å². The van der Waals surface area contributed by atoms with E-state index in [-0.39, 0.29) is 0 Å². The molecule has 3 rings (SSSR count). The first kappa shape index (κ1) is 16.7. The third kappa shape index (κ3) is 4.01. The molecule has 2 aliphatic rings. The van der Waals surface area contributed by atoms with Crippen LogP contribution in [0.2, 0.25) is 0 Å². The van der Waals surface area contributed by atoms with Crippen LogP contribution in [0.5, 0.6) is 0 Å². The number of amides is 2. The van der Waals surface area contributed by atoms with Crippen LogP contribution in [0.25, 0.3) is 0 Å². The molecule has 2 amide bonds. The minimum absolute atomic E-state index is 0.449. The van der Waals surface area contributed by atoms with Crippen molar-refractivity contribution in [1.29, 1.82) is 0 Å². The normalized spacial score (nSPS) is 20.0. The van der Waals surface area contributed by atoms with Gasteiger partial charge in [-0.3, -0.25) is 15.0 Å². The molecule has 0 saturated carbocycles. The lowest BCUT2D eigenvalue weighted by molar-refractivity contribution is -0.149. The molecule has 1 aromatic rings. The number of carbonyl (C=O) groups excluding carboxylic acids is 2. The molecule has 0 aliphatic carbocycles. The van der Waals surface area contributed by atoms with E-state index >= 15 is 0 Å². The standard InChI is InChI=1S/C16H24N6O2/c1-19-6-12-22(13-7-19)18-15(23)16(24)21-10-8-20(9-11-21)14-4-2-3-5-17-14/h2-5H,6-13H2,1H3,(H,18,23). The number of likely N-dealkylation sites (N-methyl/N-ethyl adjacent to an activating group) is 1. The molecule has 130 valence electrons. The van der Waals surface area contributed by atoms with E-state index in [0.29, 0.717) is 26.2 Å². The van der Waals surface area contributed by atoms with Crippen molar-refractivity contribution in [3.05, 3.63) is 24.4 Å². The fourth-order valence-electron chi connectivity index (χ4n) is 2.93. The van der Waals surface area contributed by atoms with Gasteiger partial charge in [0.2, 0.25) is 0 Å². The third-order valence-corrected chi connectivity index (χ3v) is 4.50. The van der Waals surface area contributed by atoms with Crippen LogP contribution in [0.4, 0.5) is 5.82 Å². The average molecular weight is 332 g/mol. The van der Waals surface area contributed by atoms with Crippen LogP contribution in [-0.2, 0) is 9.59 Å². The maximum absolute atomic E-state index is 12.3. The first-order valence-electron chi connectivity index (χ1n) is 8.33. The van der Waals surface area contributed by atoms with Gasteiger partial charge in [-0.2, -0.15) is 0 Å². The topological polar surface area (TPSA) is 72.0 Å². The van der Waals surface area contributed by atoms with Crippen LogP contribution < -0.4 is 10.3 Å². The van der Waals surface area contributed by atoms with Crippen LogP contribution >= 0.6 is 0 Å². The summed E-state index contributed by atoms with van der Waals surface area (Å²) in [4.78, 5) is 34.7. The lowest BCUT2D eigenvalue weighted by Crippen LogP contribution is -2.58. The van der Waals surface area contributed by atoms with Gasteiger partial charge in [-0.05, 0) is 19.2 Å². The highest BCUT2D eigenvalue weighted by Gasteiger charge is 2.28. The Hall–Kier alpha value is -2.19. The lowest BCUT2D eigenvalue weighted by atomic mass is 10.3. The number of aromatic nitrogens is 1. The molecular formula is C16H24N6O2. The van der Waals surface area contributed by atoms with Crippen molar-refractivity contribution >= 4 is 17.6 Å². The summed E-state index contributed by atoms with van der Waals surface area (Å²) in [7, 11) is 2.05. The first-order chi connectivity index (χ1) is 11.6. The van der Waals surface area contributed by atoms with E-state index < -0.39 is 11.8 Å². The monoisotopic (exact) mass is 332 g/mol.